The zero-order chi connectivity index (χ0) is 21.8. The van der Waals surface area contributed by atoms with Gasteiger partial charge in [-0.3, -0.25) is 0 Å². The Morgan fingerprint density at radius 1 is 1.17 bits per heavy atom. The van der Waals surface area contributed by atoms with Gasteiger partial charge in [-0.1, -0.05) is 65.7 Å². The van der Waals surface area contributed by atoms with Gasteiger partial charge in [0, 0.05) is 0 Å². The molecule has 3 aliphatic rings. The summed E-state index contributed by atoms with van der Waals surface area (Å²) >= 11 is 0. The molecule has 0 heterocycles. The molecule has 3 rings (SSSR count). The second-order valence-corrected chi connectivity index (χ2v) is 17.3. The fraction of sp³-hybridized carbons (Fsp3) is 0.846. The van der Waals surface area contributed by atoms with Gasteiger partial charge in [0.2, 0.25) is 0 Å². The van der Waals surface area contributed by atoms with Crippen LogP contribution in [-0.2, 0) is 4.43 Å². The van der Waals surface area contributed by atoms with Gasteiger partial charge in [0.1, 0.15) is 0 Å². The summed E-state index contributed by atoms with van der Waals surface area (Å²) in [6, 6.07) is 0. The van der Waals surface area contributed by atoms with E-state index < -0.39 is 8.32 Å². The number of hydrogen-bond acceptors (Lipinski definition) is 2. The minimum atomic E-state index is -1.90. The monoisotopic (exact) mass is 418 g/mol. The highest BCUT2D eigenvalue weighted by molar-refractivity contribution is 6.74. The molecule has 0 aromatic heterocycles. The third kappa shape index (κ3) is 3.96. The van der Waals surface area contributed by atoms with E-state index >= 15 is 0 Å². The van der Waals surface area contributed by atoms with E-state index in [1.54, 1.807) is 11.1 Å². The summed E-state index contributed by atoms with van der Waals surface area (Å²) in [4.78, 5) is 0. The number of aliphatic hydroxyl groups is 1. The van der Waals surface area contributed by atoms with Crippen LogP contribution in [-0.4, -0.2) is 26.1 Å². The first-order valence-corrected chi connectivity index (χ1v) is 14.9. The molecule has 3 heteroatoms. The van der Waals surface area contributed by atoms with Gasteiger partial charge in [-0.2, -0.15) is 0 Å². The minimum Gasteiger partial charge on any atom is -0.413 e. The molecule has 0 amide bonds. The Morgan fingerprint density at radius 3 is 2.38 bits per heavy atom. The van der Waals surface area contributed by atoms with E-state index in [-0.39, 0.29) is 23.2 Å². The molecule has 1 fully saturated rings. The van der Waals surface area contributed by atoms with Gasteiger partial charge in [-0.25, -0.2) is 0 Å². The second kappa shape index (κ2) is 7.64. The molecule has 3 aliphatic carbocycles. The Bertz CT molecular complexity index is 696. The smallest absolute Gasteiger partial charge is 0.192 e. The molecule has 0 saturated heterocycles. The highest BCUT2D eigenvalue weighted by Gasteiger charge is 2.56. The number of rotatable bonds is 4. The van der Waals surface area contributed by atoms with Crippen LogP contribution in [0.1, 0.15) is 87.0 Å². The first-order chi connectivity index (χ1) is 13.2. The van der Waals surface area contributed by atoms with Crippen LogP contribution in [0.3, 0.4) is 0 Å². The van der Waals surface area contributed by atoms with Crippen LogP contribution in [0, 0.1) is 22.7 Å². The van der Waals surface area contributed by atoms with Crippen molar-refractivity contribution in [1.82, 2.24) is 0 Å². The average molecular weight is 419 g/mol. The van der Waals surface area contributed by atoms with Gasteiger partial charge < -0.3 is 9.53 Å². The molecule has 1 N–H and O–H groups in total. The molecule has 4 atom stereocenters. The number of hydrogen-bond donors (Lipinski definition) is 1. The van der Waals surface area contributed by atoms with E-state index in [0.29, 0.717) is 17.3 Å². The summed E-state index contributed by atoms with van der Waals surface area (Å²) in [6.45, 7) is 21.8. The molecule has 0 aromatic carbocycles. The van der Waals surface area contributed by atoms with Gasteiger partial charge in [0.05, 0.1) is 12.7 Å². The lowest BCUT2D eigenvalue weighted by Gasteiger charge is -2.54. The number of aliphatic hydroxyl groups excluding tert-OH is 1. The molecule has 2 nitrogen and oxygen atoms in total. The van der Waals surface area contributed by atoms with Crippen molar-refractivity contribution in [1.29, 1.82) is 0 Å². The lowest BCUT2D eigenvalue weighted by molar-refractivity contribution is -0.0218. The lowest BCUT2D eigenvalue weighted by atomic mass is 9.54. The maximum Gasteiger partial charge on any atom is 0.192 e. The van der Waals surface area contributed by atoms with Crippen LogP contribution in [0.5, 0.6) is 0 Å². The summed E-state index contributed by atoms with van der Waals surface area (Å²) in [5.74, 6) is 1.19. The van der Waals surface area contributed by atoms with Crippen LogP contribution in [0.2, 0.25) is 18.1 Å². The van der Waals surface area contributed by atoms with Gasteiger partial charge in [0.25, 0.3) is 0 Å². The Morgan fingerprint density at radius 2 is 1.83 bits per heavy atom. The van der Waals surface area contributed by atoms with E-state index in [2.05, 4.69) is 67.6 Å². The predicted molar refractivity (Wildman–Crippen MR) is 127 cm³/mol. The van der Waals surface area contributed by atoms with E-state index in [0.717, 1.165) is 12.8 Å². The van der Waals surface area contributed by atoms with Crippen LogP contribution < -0.4 is 0 Å². The molecular weight excluding hydrogens is 372 g/mol. The minimum absolute atomic E-state index is 0.155. The normalized spacial score (nSPS) is 36.0. The SMILES string of the molecule is CC(C)C1=C2[C@@H]3CC=C(CO)C[C@@H](O[Si](C)(C)C(C)(C)C)[C@]3(C)CC[C@@]2(C)CC1. The summed E-state index contributed by atoms with van der Waals surface area (Å²) in [5.41, 5.74) is 5.23. The molecule has 0 unspecified atom stereocenters. The predicted octanol–water partition coefficient (Wildman–Crippen LogP) is 7.26. The van der Waals surface area contributed by atoms with Crippen molar-refractivity contribution < 1.29 is 9.53 Å². The zero-order valence-corrected chi connectivity index (χ0v) is 21.6. The molecule has 0 radical (unpaired) electrons. The molecule has 1 saturated carbocycles. The second-order valence-electron chi connectivity index (χ2n) is 12.5. The van der Waals surface area contributed by atoms with Crippen molar-refractivity contribution in [2.75, 3.05) is 6.61 Å². The Hall–Kier alpha value is -0.383. The van der Waals surface area contributed by atoms with Crippen LogP contribution in [0.4, 0.5) is 0 Å². The molecule has 0 spiro atoms. The fourth-order valence-electron chi connectivity index (χ4n) is 6.07. The van der Waals surface area contributed by atoms with Gasteiger partial charge >= 0.3 is 0 Å². The first-order valence-electron chi connectivity index (χ1n) is 12.0. The fourth-order valence-corrected chi connectivity index (χ4v) is 7.49. The van der Waals surface area contributed by atoms with Crippen molar-refractivity contribution in [2.45, 2.75) is 111 Å². The highest BCUT2D eigenvalue weighted by atomic mass is 28.4. The van der Waals surface area contributed by atoms with Gasteiger partial charge in [-0.15, -0.1) is 0 Å². The molecule has 0 aliphatic heterocycles. The number of allylic oxidation sites excluding steroid dienone is 3. The summed E-state index contributed by atoms with van der Waals surface area (Å²) < 4.78 is 7.17. The molecule has 0 bridgehead atoms. The molecule has 166 valence electrons. The topological polar surface area (TPSA) is 29.5 Å². The first kappa shape index (κ1) is 23.3. The van der Waals surface area contributed by atoms with E-state index in [4.69, 9.17) is 4.43 Å². The summed E-state index contributed by atoms with van der Waals surface area (Å²) in [6.07, 6.45) is 9.69. The molecular formula is C26H46O2Si. The zero-order valence-electron chi connectivity index (χ0n) is 20.6. The van der Waals surface area contributed by atoms with Crippen molar-refractivity contribution in [3.8, 4) is 0 Å². The maximum atomic E-state index is 10.1. The Kier molecular flexibility index (Phi) is 6.13. The molecule has 29 heavy (non-hydrogen) atoms. The average Bonchev–Trinajstić information content (AvgIpc) is 2.89. The Balaban J connectivity index is 2.08. The van der Waals surface area contributed by atoms with Gasteiger partial charge in [-0.05, 0) is 84.9 Å². The van der Waals surface area contributed by atoms with Gasteiger partial charge in [0.15, 0.2) is 8.32 Å². The lowest BCUT2D eigenvalue weighted by Crippen LogP contribution is -2.53. The third-order valence-electron chi connectivity index (χ3n) is 9.27. The third-order valence-corrected chi connectivity index (χ3v) is 13.8. The van der Waals surface area contributed by atoms with Crippen LogP contribution in [0.25, 0.3) is 0 Å². The number of fused-ring (bicyclic) bond motifs is 3. The van der Waals surface area contributed by atoms with E-state index in [1.165, 1.54) is 31.3 Å². The van der Waals surface area contributed by atoms with E-state index in [9.17, 15) is 5.11 Å². The largest absolute Gasteiger partial charge is 0.413 e. The van der Waals surface area contributed by atoms with Crippen molar-refractivity contribution in [2.24, 2.45) is 22.7 Å². The summed E-state index contributed by atoms with van der Waals surface area (Å²) in [7, 11) is -1.90. The summed E-state index contributed by atoms with van der Waals surface area (Å²) in [5, 5.41) is 10.3. The highest BCUT2D eigenvalue weighted by Crippen LogP contribution is 2.64. The quantitative estimate of drug-likeness (QED) is 0.384. The standard InChI is InChI=1S/C26H46O2Si/c1-18(2)20-12-13-25(6)14-15-26(7)21(23(20)25)11-10-19(17-27)16-22(26)28-29(8,9)24(3,4)5/h10,18,21-22,27H,11-17H2,1-9H3/t21-,22+,25+,26+/m0/s1. The Labute approximate surface area is 181 Å². The van der Waals surface area contributed by atoms with Crippen LogP contribution >= 0.6 is 0 Å². The van der Waals surface area contributed by atoms with E-state index in [1.807, 2.05) is 0 Å². The molecule has 0 aromatic rings. The van der Waals surface area contributed by atoms with Crippen molar-refractivity contribution in [3.05, 3.63) is 22.8 Å². The van der Waals surface area contributed by atoms with Crippen molar-refractivity contribution >= 4 is 8.32 Å². The van der Waals surface area contributed by atoms with Crippen LogP contribution in [0.15, 0.2) is 22.8 Å². The maximum absolute atomic E-state index is 10.1. The van der Waals surface area contributed by atoms with Crippen molar-refractivity contribution in [3.63, 3.8) is 0 Å².